The summed E-state index contributed by atoms with van der Waals surface area (Å²) in [6, 6.07) is 0. The quantitative estimate of drug-likeness (QED) is 0.292. The van der Waals surface area contributed by atoms with E-state index in [1.165, 1.54) is 6.08 Å². The van der Waals surface area contributed by atoms with Crippen LogP contribution in [0.5, 0.6) is 0 Å². The van der Waals surface area contributed by atoms with E-state index in [9.17, 15) is 4.79 Å². The van der Waals surface area contributed by atoms with Gasteiger partial charge in [0.2, 0.25) is 0 Å². The molecule has 0 amide bonds. The second kappa shape index (κ2) is 9.06. The molecule has 0 aliphatic rings. The maximum atomic E-state index is 11.1. The van der Waals surface area contributed by atoms with Gasteiger partial charge >= 0.3 is 5.97 Å². The molecule has 3 nitrogen and oxygen atoms in total. The molecule has 3 heteroatoms. The van der Waals surface area contributed by atoms with Crippen molar-refractivity contribution in [1.82, 2.24) is 0 Å². The van der Waals surface area contributed by atoms with E-state index in [-0.39, 0.29) is 5.97 Å². The summed E-state index contributed by atoms with van der Waals surface area (Å²) < 4.78 is 10.0. The van der Waals surface area contributed by atoms with Crippen molar-refractivity contribution >= 4 is 5.97 Å². The van der Waals surface area contributed by atoms with Crippen LogP contribution in [0.4, 0.5) is 0 Å². The lowest BCUT2D eigenvalue weighted by molar-refractivity contribution is -0.137. The summed E-state index contributed by atoms with van der Waals surface area (Å²) in [5.74, 6) is 0.125. The smallest absolute Gasteiger partial charge is 0.334 e. The fourth-order valence-electron chi connectivity index (χ4n) is 0.866. The van der Waals surface area contributed by atoms with E-state index in [4.69, 9.17) is 9.47 Å². The molecule has 0 atom stereocenters. The average Bonchev–Trinajstić information content (AvgIpc) is 2.18. The van der Waals surface area contributed by atoms with Gasteiger partial charge in [0.15, 0.2) is 0 Å². The largest absolute Gasteiger partial charge is 0.494 e. The van der Waals surface area contributed by atoms with Crippen LogP contribution in [0.3, 0.4) is 0 Å². The van der Waals surface area contributed by atoms with Gasteiger partial charge < -0.3 is 9.47 Å². The predicted molar refractivity (Wildman–Crippen MR) is 60.3 cm³/mol. The molecule has 0 aromatic carbocycles. The van der Waals surface area contributed by atoms with Gasteiger partial charge in [-0.25, -0.2) is 4.79 Å². The van der Waals surface area contributed by atoms with Crippen molar-refractivity contribution in [2.45, 2.75) is 20.8 Å². The van der Waals surface area contributed by atoms with Gasteiger partial charge in [0.1, 0.15) is 5.76 Å². The zero-order chi connectivity index (χ0) is 11.5. The molecule has 0 radical (unpaired) electrons. The fourth-order valence-corrected chi connectivity index (χ4v) is 0.866. The maximum Gasteiger partial charge on any atom is 0.334 e. The van der Waals surface area contributed by atoms with Gasteiger partial charge in [-0.15, -0.1) is 0 Å². The van der Waals surface area contributed by atoms with Crippen molar-refractivity contribution in [1.29, 1.82) is 0 Å². The topological polar surface area (TPSA) is 35.5 Å². The van der Waals surface area contributed by atoms with Gasteiger partial charge in [0.05, 0.1) is 19.3 Å². The first-order chi connectivity index (χ1) is 7.24. The first-order valence-corrected chi connectivity index (χ1v) is 5.05. The number of carbonyl (C=O) groups excluding carboxylic acids is 1. The number of hydrogen-bond acceptors (Lipinski definition) is 3. The first-order valence-electron chi connectivity index (χ1n) is 5.05. The van der Waals surface area contributed by atoms with Crippen LogP contribution in [-0.2, 0) is 14.3 Å². The van der Waals surface area contributed by atoms with Crippen LogP contribution in [0.25, 0.3) is 0 Å². The van der Waals surface area contributed by atoms with E-state index in [1.807, 2.05) is 26.0 Å². The number of hydrogen-bond donors (Lipinski definition) is 0. The number of carbonyl (C=O) groups is 1. The molecule has 0 fully saturated rings. The zero-order valence-corrected chi connectivity index (χ0v) is 9.53. The standard InChI is InChI=1S/C12H18O3/c1-4-7-8-9-11(14-5-2)10-12(13)15-6-3/h4,7-10H,5-6H2,1-3H3/b7-4+,9-8+,11-10+. The Labute approximate surface area is 91.1 Å². The Morgan fingerprint density at radius 2 is 1.80 bits per heavy atom. The van der Waals surface area contributed by atoms with Crippen molar-refractivity contribution in [3.05, 3.63) is 36.1 Å². The van der Waals surface area contributed by atoms with Gasteiger partial charge in [-0.05, 0) is 26.8 Å². The Hall–Kier alpha value is -1.51. The molecule has 0 heterocycles. The number of allylic oxidation sites excluding steroid dienone is 4. The molecule has 0 saturated carbocycles. The lowest BCUT2D eigenvalue weighted by atomic mass is 10.3. The average molecular weight is 210 g/mol. The third-order valence-corrected chi connectivity index (χ3v) is 1.42. The summed E-state index contributed by atoms with van der Waals surface area (Å²) >= 11 is 0. The number of ether oxygens (including phenoxy) is 2. The van der Waals surface area contributed by atoms with Crippen LogP contribution in [0.1, 0.15) is 20.8 Å². The highest BCUT2D eigenvalue weighted by Gasteiger charge is 1.99. The lowest BCUT2D eigenvalue weighted by Gasteiger charge is -2.03. The van der Waals surface area contributed by atoms with E-state index in [0.717, 1.165) is 0 Å². The van der Waals surface area contributed by atoms with Crippen molar-refractivity contribution in [2.75, 3.05) is 13.2 Å². The third kappa shape index (κ3) is 7.55. The molecule has 0 saturated heterocycles. The van der Waals surface area contributed by atoms with E-state index < -0.39 is 0 Å². The molecular formula is C12H18O3. The molecule has 15 heavy (non-hydrogen) atoms. The van der Waals surface area contributed by atoms with Crippen molar-refractivity contribution in [3.8, 4) is 0 Å². The summed E-state index contributed by atoms with van der Waals surface area (Å²) in [6.45, 7) is 6.43. The van der Waals surface area contributed by atoms with Gasteiger partial charge in [0.25, 0.3) is 0 Å². The third-order valence-electron chi connectivity index (χ3n) is 1.42. The number of rotatable bonds is 6. The van der Waals surface area contributed by atoms with Gasteiger partial charge in [-0.3, -0.25) is 0 Å². The Morgan fingerprint density at radius 3 is 2.33 bits per heavy atom. The summed E-state index contributed by atoms with van der Waals surface area (Å²) in [7, 11) is 0. The van der Waals surface area contributed by atoms with Crippen LogP contribution >= 0.6 is 0 Å². The Bertz CT molecular complexity index is 262. The molecule has 0 aromatic heterocycles. The Morgan fingerprint density at radius 1 is 1.13 bits per heavy atom. The molecule has 0 aliphatic carbocycles. The summed E-state index contributed by atoms with van der Waals surface area (Å²) in [5, 5.41) is 0. The molecule has 0 unspecified atom stereocenters. The molecular weight excluding hydrogens is 192 g/mol. The molecule has 0 bridgehead atoms. The van der Waals surface area contributed by atoms with Crippen LogP contribution in [0, 0.1) is 0 Å². The molecule has 0 rings (SSSR count). The second-order valence-corrected chi connectivity index (χ2v) is 2.62. The minimum atomic E-state index is -0.383. The summed E-state index contributed by atoms with van der Waals surface area (Å²) in [4.78, 5) is 11.1. The zero-order valence-electron chi connectivity index (χ0n) is 9.53. The minimum Gasteiger partial charge on any atom is -0.494 e. The van der Waals surface area contributed by atoms with E-state index in [0.29, 0.717) is 19.0 Å². The molecule has 0 N–H and O–H groups in total. The van der Waals surface area contributed by atoms with Crippen LogP contribution < -0.4 is 0 Å². The van der Waals surface area contributed by atoms with E-state index in [1.54, 1.807) is 19.1 Å². The van der Waals surface area contributed by atoms with E-state index >= 15 is 0 Å². The fraction of sp³-hybridized carbons (Fsp3) is 0.417. The first kappa shape index (κ1) is 13.5. The minimum absolute atomic E-state index is 0.368. The summed E-state index contributed by atoms with van der Waals surface area (Å²) in [6.07, 6.45) is 8.62. The van der Waals surface area contributed by atoms with Crippen LogP contribution in [0.15, 0.2) is 36.1 Å². The normalized spacial score (nSPS) is 12.3. The molecule has 0 spiro atoms. The predicted octanol–water partition coefficient (Wildman–Crippen LogP) is 2.60. The van der Waals surface area contributed by atoms with Gasteiger partial charge in [-0.1, -0.05) is 18.2 Å². The lowest BCUT2D eigenvalue weighted by Crippen LogP contribution is -2.02. The highest BCUT2D eigenvalue weighted by molar-refractivity contribution is 5.82. The van der Waals surface area contributed by atoms with Gasteiger partial charge in [0, 0.05) is 0 Å². The van der Waals surface area contributed by atoms with Crippen molar-refractivity contribution in [3.63, 3.8) is 0 Å². The highest BCUT2D eigenvalue weighted by Crippen LogP contribution is 2.01. The Balaban J connectivity index is 4.42. The van der Waals surface area contributed by atoms with Crippen molar-refractivity contribution in [2.24, 2.45) is 0 Å². The summed E-state index contributed by atoms with van der Waals surface area (Å²) in [5.41, 5.74) is 0. The number of esters is 1. The molecule has 0 aromatic rings. The molecule has 84 valence electrons. The highest BCUT2D eigenvalue weighted by atomic mass is 16.5. The van der Waals surface area contributed by atoms with Crippen molar-refractivity contribution < 1.29 is 14.3 Å². The SMILES string of the molecule is C/C=C/C=C/C(=C\C(=O)OCC)OCC. The van der Waals surface area contributed by atoms with E-state index in [2.05, 4.69) is 0 Å². The van der Waals surface area contributed by atoms with Gasteiger partial charge in [-0.2, -0.15) is 0 Å². The van der Waals surface area contributed by atoms with Crippen LogP contribution in [0.2, 0.25) is 0 Å². The second-order valence-electron chi connectivity index (χ2n) is 2.62. The molecule has 0 aliphatic heterocycles. The maximum absolute atomic E-state index is 11.1. The van der Waals surface area contributed by atoms with Crippen LogP contribution in [-0.4, -0.2) is 19.2 Å². The monoisotopic (exact) mass is 210 g/mol. The Kier molecular flexibility index (Phi) is 8.15.